The highest BCUT2D eigenvalue weighted by atomic mass is 35.5. The first kappa shape index (κ1) is 22.9. The van der Waals surface area contributed by atoms with Crippen molar-refractivity contribution in [3.8, 4) is 0 Å². The molecular formula is C22H25ClF3N3O2Si. The first-order valence-electron chi connectivity index (χ1n) is 10.9. The van der Waals surface area contributed by atoms with E-state index >= 15 is 0 Å². The number of hydrogen-bond donors (Lipinski definition) is 2. The number of pyridine rings is 1. The number of carbonyl (C=O) groups excluding carboxylic acids is 1. The van der Waals surface area contributed by atoms with Gasteiger partial charge < -0.3 is 15.4 Å². The summed E-state index contributed by atoms with van der Waals surface area (Å²) in [5.41, 5.74) is -0.140. The molecule has 2 aliphatic rings. The molecule has 1 aromatic carbocycles. The topological polar surface area (TPSA) is 63.2 Å². The molecule has 1 aromatic heterocycles. The van der Waals surface area contributed by atoms with E-state index < -0.39 is 21.4 Å². The molecule has 0 unspecified atom stereocenters. The smallest absolute Gasteiger partial charge is 0.433 e. The lowest BCUT2D eigenvalue weighted by molar-refractivity contribution is -0.140. The van der Waals surface area contributed by atoms with Gasteiger partial charge in [-0.3, -0.25) is 4.79 Å². The molecule has 5 nitrogen and oxygen atoms in total. The molecule has 2 aliphatic heterocycles. The fourth-order valence-electron chi connectivity index (χ4n) is 4.25. The molecule has 0 bridgehead atoms. The van der Waals surface area contributed by atoms with Gasteiger partial charge in [-0.25, -0.2) is 4.98 Å². The van der Waals surface area contributed by atoms with Crippen LogP contribution in [0.4, 0.5) is 18.9 Å². The number of aromatic nitrogens is 1. The van der Waals surface area contributed by atoms with Crippen LogP contribution in [-0.2, 0) is 15.7 Å². The van der Waals surface area contributed by atoms with E-state index in [1.807, 2.05) is 6.08 Å². The number of allylic oxidation sites excluding steroid dienone is 1. The number of ether oxygens (including phenoxy) is 1. The number of nitrogens with zero attached hydrogens (tertiary/aromatic N) is 1. The predicted octanol–water partition coefficient (Wildman–Crippen LogP) is 4.60. The number of carbonyl (C=O) groups is 1. The van der Waals surface area contributed by atoms with Crippen LogP contribution in [0.1, 0.15) is 37.8 Å². The molecule has 4 rings (SSSR count). The number of benzene rings is 1. The van der Waals surface area contributed by atoms with Crippen molar-refractivity contribution in [1.82, 2.24) is 10.3 Å². The van der Waals surface area contributed by atoms with Crippen molar-refractivity contribution in [2.24, 2.45) is 0 Å². The minimum Gasteiger partial charge on any atom is -0.488 e. The van der Waals surface area contributed by atoms with Crippen molar-refractivity contribution in [3.05, 3.63) is 46.8 Å². The van der Waals surface area contributed by atoms with E-state index in [1.54, 1.807) is 6.07 Å². The summed E-state index contributed by atoms with van der Waals surface area (Å²) < 4.78 is 45.6. The Hall–Kier alpha value is -2.26. The number of halogens is 4. The monoisotopic (exact) mass is 483 g/mol. The van der Waals surface area contributed by atoms with E-state index in [2.05, 4.69) is 15.6 Å². The third-order valence-corrected chi connectivity index (χ3v) is 8.25. The molecule has 0 aliphatic carbocycles. The minimum absolute atomic E-state index is 0.0141. The van der Waals surface area contributed by atoms with Gasteiger partial charge in [-0.2, -0.15) is 13.2 Å². The SMILES string of the molecule is O=C(N[C@H]1CC[C@@H](Nc2cc(C(F)(F)F)nc3ccc(Cl)cc23)CC[SiH2]1)C1=CCCCO1. The van der Waals surface area contributed by atoms with Gasteiger partial charge >= 0.3 is 6.18 Å². The van der Waals surface area contributed by atoms with Crippen LogP contribution in [0.3, 0.4) is 0 Å². The maximum Gasteiger partial charge on any atom is 0.433 e. The fourth-order valence-corrected chi connectivity index (χ4v) is 6.49. The summed E-state index contributed by atoms with van der Waals surface area (Å²) in [5, 5.41) is 7.43. The minimum atomic E-state index is -4.54. The highest BCUT2D eigenvalue weighted by molar-refractivity contribution is 6.38. The summed E-state index contributed by atoms with van der Waals surface area (Å²) in [4.78, 5) is 16.2. The molecular weight excluding hydrogens is 459 g/mol. The third-order valence-electron chi connectivity index (χ3n) is 5.88. The van der Waals surface area contributed by atoms with Crippen LogP contribution in [0.2, 0.25) is 11.1 Å². The van der Waals surface area contributed by atoms with Crippen LogP contribution in [0.5, 0.6) is 0 Å². The van der Waals surface area contributed by atoms with E-state index in [9.17, 15) is 18.0 Å². The first-order valence-corrected chi connectivity index (χ1v) is 13.1. The Labute approximate surface area is 191 Å². The average molecular weight is 484 g/mol. The maximum absolute atomic E-state index is 13.4. The molecule has 2 N–H and O–H groups in total. The Kier molecular flexibility index (Phi) is 6.95. The predicted molar refractivity (Wildman–Crippen MR) is 122 cm³/mol. The lowest BCUT2D eigenvalue weighted by Gasteiger charge is -2.21. The number of alkyl halides is 3. The summed E-state index contributed by atoms with van der Waals surface area (Å²) in [7, 11) is -0.558. The quantitative estimate of drug-likeness (QED) is 0.624. The molecule has 32 heavy (non-hydrogen) atoms. The molecule has 3 heterocycles. The van der Waals surface area contributed by atoms with Crippen LogP contribution in [0.15, 0.2) is 36.1 Å². The number of rotatable bonds is 4. The average Bonchev–Trinajstić information content (AvgIpc) is 2.99. The zero-order valence-corrected chi connectivity index (χ0v) is 19.6. The van der Waals surface area contributed by atoms with Gasteiger partial charge in [-0.05, 0) is 62.4 Å². The summed E-state index contributed by atoms with van der Waals surface area (Å²) in [6, 6.07) is 6.74. The van der Waals surface area contributed by atoms with Crippen molar-refractivity contribution in [3.63, 3.8) is 0 Å². The van der Waals surface area contributed by atoms with Crippen molar-refractivity contribution < 1.29 is 22.7 Å². The second-order valence-corrected chi connectivity index (χ2v) is 11.0. The van der Waals surface area contributed by atoms with Gasteiger partial charge in [0.15, 0.2) is 5.76 Å². The van der Waals surface area contributed by atoms with Crippen LogP contribution in [0, 0.1) is 0 Å². The van der Waals surface area contributed by atoms with Crippen molar-refractivity contribution in [2.45, 2.75) is 56.0 Å². The Morgan fingerprint density at radius 1 is 1.22 bits per heavy atom. The lowest BCUT2D eigenvalue weighted by atomic mass is 10.1. The van der Waals surface area contributed by atoms with E-state index in [-0.39, 0.29) is 23.1 Å². The molecule has 2 aromatic rings. The molecule has 10 heteroatoms. The van der Waals surface area contributed by atoms with Crippen LogP contribution < -0.4 is 10.6 Å². The lowest BCUT2D eigenvalue weighted by Crippen LogP contribution is -2.40. The number of hydrogen-bond acceptors (Lipinski definition) is 4. The summed E-state index contributed by atoms with van der Waals surface area (Å²) in [6.07, 6.45) is 1.46. The summed E-state index contributed by atoms with van der Waals surface area (Å²) in [5.74, 6) is 0.252. The Bertz CT molecular complexity index is 1030. The zero-order valence-electron chi connectivity index (χ0n) is 17.5. The van der Waals surface area contributed by atoms with Gasteiger partial charge in [0.05, 0.1) is 12.1 Å². The molecule has 172 valence electrons. The molecule has 1 fully saturated rings. The largest absolute Gasteiger partial charge is 0.488 e. The summed E-state index contributed by atoms with van der Waals surface area (Å²) in [6.45, 7) is 0.567. The highest BCUT2D eigenvalue weighted by Gasteiger charge is 2.34. The number of amides is 1. The number of nitrogens with one attached hydrogen (secondary N) is 2. The molecule has 0 saturated carbocycles. The van der Waals surface area contributed by atoms with Crippen molar-refractivity contribution in [1.29, 1.82) is 0 Å². The Balaban J connectivity index is 1.47. The third kappa shape index (κ3) is 5.56. The fraction of sp³-hybridized carbons (Fsp3) is 0.455. The van der Waals surface area contributed by atoms with Crippen LogP contribution in [0.25, 0.3) is 10.9 Å². The van der Waals surface area contributed by atoms with Gasteiger partial charge in [0, 0.05) is 37.3 Å². The van der Waals surface area contributed by atoms with Gasteiger partial charge in [0.1, 0.15) is 5.69 Å². The Morgan fingerprint density at radius 3 is 2.81 bits per heavy atom. The molecule has 1 saturated heterocycles. The van der Waals surface area contributed by atoms with E-state index in [4.69, 9.17) is 16.3 Å². The first-order chi connectivity index (χ1) is 15.3. The Morgan fingerprint density at radius 2 is 2.06 bits per heavy atom. The van der Waals surface area contributed by atoms with Gasteiger partial charge in [0.2, 0.25) is 0 Å². The highest BCUT2D eigenvalue weighted by Crippen LogP contribution is 2.35. The van der Waals surface area contributed by atoms with Crippen LogP contribution >= 0.6 is 11.6 Å². The van der Waals surface area contributed by atoms with Crippen molar-refractivity contribution >= 4 is 43.6 Å². The van der Waals surface area contributed by atoms with Gasteiger partial charge in [-0.15, -0.1) is 0 Å². The second-order valence-electron chi connectivity index (χ2n) is 8.29. The van der Waals surface area contributed by atoms with E-state index in [0.717, 1.165) is 44.2 Å². The van der Waals surface area contributed by atoms with Gasteiger partial charge in [-0.1, -0.05) is 17.6 Å². The molecule has 2 atom stereocenters. The normalized spacial score (nSPS) is 22.7. The zero-order chi connectivity index (χ0) is 22.7. The van der Waals surface area contributed by atoms with Gasteiger partial charge in [0.25, 0.3) is 5.91 Å². The number of fused-ring (bicyclic) bond motifs is 1. The summed E-state index contributed by atoms with van der Waals surface area (Å²) >= 11 is 6.09. The van der Waals surface area contributed by atoms with E-state index in [1.165, 1.54) is 12.1 Å². The second kappa shape index (κ2) is 9.70. The van der Waals surface area contributed by atoms with Crippen molar-refractivity contribution in [2.75, 3.05) is 11.9 Å². The molecule has 0 spiro atoms. The van der Waals surface area contributed by atoms with E-state index in [0.29, 0.717) is 28.5 Å². The standard InChI is InChI=1S/C22H25ClF3N3O2Si/c23-13-4-6-16-15(11-13)17(12-19(28-16)22(24,25)26)27-14-5-7-20(32-10-8-14)29-21(30)18-3-1-2-9-31-18/h3-4,6,11-12,14,20H,1-2,5,7-10,32H2,(H,27,28)(H,29,30)/t14-,20-/m1/s1. The number of anilines is 1. The molecule has 1 amide bonds. The molecule has 0 radical (unpaired) electrons. The van der Waals surface area contributed by atoms with Crippen LogP contribution in [-0.4, -0.2) is 38.7 Å². The maximum atomic E-state index is 13.4.